The highest BCUT2D eigenvalue weighted by atomic mass is 16.5. The molecular weight excluding hydrogens is 358 g/mol. The summed E-state index contributed by atoms with van der Waals surface area (Å²) in [4.78, 5) is 35.4. The number of hydrogen-bond donors (Lipinski definition) is 3. The Labute approximate surface area is 164 Å². The molecule has 0 radical (unpaired) electrons. The van der Waals surface area contributed by atoms with Crippen molar-refractivity contribution in [1.29, 1.82) is 0 Å². The van der Waals surface area contributed by atoms with Crippen LogP contribution in [-0.2, 0) is 11.3 Å². The molecule has 2 aromatic carbocycles. The topological polar surface area (TPSA) is 96.5 Å². The van der Waals surface area contributed by atoms with Gasteiger partial charge in [0.15, 0.2) is 0 Å². The first-order chi connectivity index (χ1) is 13.5. The Morgan fingerprint density at radius 1 is 0.857 bits per heavy atom. The first kappa shape index (κ1) is 21.0. The van der Waals surface area contributed by atoms with Gasteiger partial charge in [0.1, 0.15) is 5.75 Å². The molecule has 2 rings (SSSR count). The van der Waals surface area contributed by atoms with E-state index < -0.39 is 0 Å². The zero-order valence-electron chi connectivity index (χ0n) is 16.1. The van der Waals surface area contributed by atoms with E-state index >= 15 is 0 Å². The minimum absolute atomic E-state index is 0.0888. The van der Waals surface area contributed by atoms with Gasteiger partial charge in [-0.1, -0.05) is 12.1 Å². The molecule has 148 valence electrons. The number of nitrogens with one attached hydrogen (secondary N) is 3. The van der Waals surface area contributed by atoms with Gasteiger partial charge in [0.05, 0.1) is 7.11 Å². The van der Waals surface area contributed by atoms with E-state index in [1.54, 1.807) is 62.7 Å². The fraction of sp³-hybridized carbons (Fsp3) is 0.286. The summed E-state index contributed by atoms with van der Waals surface area (Å²) >= 11 is 0. The summed E-state index contributed by atoms with van der Waals surface area (Å²) in [6, 6.07) is 13.9. The van der Waals surface area contributed by atoms with Gasteiger partial charge in [0.2, 0.25) is 5.91 Å². The second kappa shape index (κ2) is 10.7. The van der Waals surface area contributed by atoms with Gasteiger partial charge in [0, 0.05) is 37.7 Å². The average molecular weight is 383 g/mol. The van der Waals surface area contributed by atoms with E-state index in [-0.39, 0.29) is 17.7 Å². The maximum atomic E-state index is 12.0. The highest BCUT2D eigenvalue weighted by molar-refractivity contribution is 5.94. The molecule has 7 heteroatoms. The summed E-state index contributed by atoms with van der Waals surface area (Å²) < 4.78 is 5.06. The van der Waals surface area contributed by atoms with Crippen molar-refractivity contribution in [3.63, 3.8) is 0 Å². The number of rotatable bonds is 9. The van der Waals surface area contributed by atoms with Gasteiger partial charge in [-0.2, -0.15) is 0 Å². The van der Waals surface area contributed by atoms with Gasteiger partial charge in [-0.3, -0.25) is 14.4 Å². The molecule has 3 N–H and O–H groups in total. The molecule has 0 saturated carbocycles. The third-order valence-electron chi connectivity index (χ3n) is 4.15. The van der Waals surface area contributed by atoms with Crippen LogP contribution >= 0.6 is 0 Å². The highest BCUT2D eigenvalue weighted by Crippen LogP contribution is 2.11. The Bertz CT molecular complexity index is 801. The van der Waals surface area contributed by atoms with Crippen LogP contribution in [0.1, 0.15) is 39.1 Å². The zero-order chi connectivity index (χ0) is 20.4. The lowest BCUT2D eigenvalue weighted by molar-refractivity contribution is -0.121. The van der Waals surface area contributed by atoms with E-state index in [4.69, 9.17) is 4.74 Å². The monoisotopic (exact) mass is 383 g/mol. The van der Waals surface area contributed by atoms with Crippen LogP contribution in [0.15, 0.2) is 48.5 Å². The van der Waals surface area contributed by atoms with Gasteiger partial charge in [-0.25, -0.2) is 0 Å². The summed E-state index contributed by atoms with van der Waals surface area (Å²) in [7, 11) is 3.15. The van der Waals surface area contributed by atoms with Crippen molar-refractivity contribution in [3.05, 3.63) is 65.2 Å². The van der Waals surface area contributed by atoms with Crippen molar-refractivity contribution in [2.45, 2.75) is 19.4 Å². The van der Waals surface area contributed by atoms with Crippen molar-refractivity contribution >= 4 is 17.7 Å². The lowest BCUT2D eigenvalue weighted by Crippen LogP contribution is -2.27. The molecule has 3 amide bonds. The number of ether oxygens (including phenoxy) is 1. The molecule has 0 spiro atoms. The molecule has 0 atom stereocenters. The molecule has 0 unspecified atom stereocenters. The van der Waals surface area contributed by atoms with Crippen molar-refractivity contribution in [2.75, 3.05) is 20.7 Å². The zero-order valence-corrected chi connectivity index (χ0v) is 16.1. The Hall–Kier alpha value is -3.35. The van der Waals surface area contributed by atoms with E-state index in [2.05, 4.69) is 16.0 Å². The SMILES string of the molecule is CNC(=O)c1ccc(CNC(=O)CCCNC(=O)c2ccc(OC)cc2)cc1. The standard InChI is InChI=1S/C21H25N3O4/c1-22-20(26)16-7-5-15(6-8-16)14-24-19(25)4-3-13-23-21(27)17-9-11-18(28-2)12-10-17/h5-12H,3-4,13-14H2,1-2H3,(H,22,26)(H,23,27)(H,24,25). The van der Waals surface area contributed by atoms with E-state index in [1.807, 2.05) is 0 Å². The number of amides is 3. The normalized spacial score (nSPS) is 10.1. The molecule has 2 aromatic rings. The van der Waals surface area contributed by atoms with Gasteiger partial charge >= 0.3 is 0 Å². The summed E-state index contributed by atoms with van der Waals surface area (Å²) in [5, 5.41) is 8.18. The van der Waals surface area contributed by atoms with Crippen LogP contribution in [0.2, 0.25) is 0 Å². The molecule has 0 aliphatic heterocycles. The van der Waals surface area contributed by atoms with Crippen LogP contribution < -0.4 is 20.7 Å². The summed E-state index contributed by atoms with van der Waals surface area (Å²) in [5.74, 6) is 0.275. The fourth-order valence-electron chi connectivity index (χ4n) is 2.50. The lowest BCUT2D eigenvalue weighted by atomic mass is 10.1. The van der Waals surface area contributed by atoms with Gasteiger partial charge < -0.3 is 20.7 Å². The van der Waals surface area contributed by atoms with E-state index in [1.165, 1.54) is 0 Å². The minimum atomic E-state index is -0.181. The number of carbonyl (C=O) groups excluding carboxylic acids is 3. The van der Waals surface area contributed by atoms with Gasteiger partial charge in [-0.15, -0.1) is 0 Å². The molecule has 0 aliphatic carbocycles. The Kier molecular flexibility index (Phi) is 8.02. The van der Waals surface area contributed by atoms with Gasteiger partial charge in [-0.05, 0) is 48.4 Å². The highest BCUT2D eigenvalue weighted by Gasteiger charge is 2.07. The van der Waals surface area contributed by atoms with E-state index in [0.29, 0.717) is 42.8 Å². The van der Waals surface area contributed by atoms with Gasteiger partial charge in [0.25, 0.3) is 11.8 Å². The van der Waals surface area contributed by atoms with Crippen LogP contribution in [-0.4, -0.2) is 38.4 Å². The summed E-state index contributed by atoms with van der Waals surface area (Å²) in [6.07, 6.45) is 0.864. The van der Waals surface area contributed by atoms with Crippen molar-refractivity contribution in [2.24, 2.45) is 0 Å². The van der Waals surface area contributed by atoms with Crippen LogP contribution in [0.25, 0.3) is 0 Å². The van der Waals surface area contributed by atoms with E-state index in [9.17, 15) is 14.4 Å². The van der Waals surface area contributed by atoms with Crippen molar-refractivity contribution in [1.82, 2.24) is 16.0 Å². The molecule has 0 aromatic heterocycles. The first-order valence-electron chi connectivity index (χ1n) is 9.03. The summed E-state index contributed by atoms with van der Waals surface area (Å²) in [6.45, 7) is 0.810. The van der Waals surface area contributed by atoms with Crippen molar-refractivity contribution in [3.8, 4) is 5.75 Å². The van der Waals surface area contributed by atoms with Crippen LogP contribution in [0.3, 0.4) is 0 Å². The third kappa shape index (κ3) is 6.42. The Morgan fingerprint density at radius 3 is 2.07 bits per heavy atom. The van der Waals surface area contributed by atoms with Crippen LogP contribution in [0.4, 0.5) is 0 Å². The molecular formula is C21H25N3O4. The number of benzene rings is 2. The maximum Gasteiger partial charge on any atom is 0.251 e. The predicted octanol–water partition coefficient (Wildman–Crippen LogP) is 1.88. The molecule has 0 bridgehead atoms. The smallest absolute Gasteiger partial charge is 0.251 e. The summed E-state index contributed by atoms with van der Waals surface area (Å²) in [5.41, 5.74) is 2.03. The quantitative estimate of drug-likeness (QED) is 0.576. The number of carbonyl (C=O) groups is 3. The molecule has 0 saturated heterocycles. The van der Waals surface area contributed by atoms with E-state index in [0.717, 1.165) is 5.56 Å². The molecule has 0 heterocycles. The fourth-order valence-corrected chi connectivity index (χ4v) is 2.50. The lowest BCUT2D eigenvalue weighted by Gasteiger charge is -2.08. The Balaban J connectivity index is 1.65. The average Bonchev–Trinajstić information content (AvgIpc) is 2.75. The largest absolute Gasteiger partial charge is 0.497 e. The second-order valence-corrected chi connectivity index (χ2v) is 6.14. The molecule has 28 heavy (non-hydrogen) atoms. The number of hydrogen-bond acceptors (Lipinski definition) is 4. The second-order valence-electron chi connectivity index (χ2n) is 6.14. The van der Waals surface area contributed by atoms with Crippen molar-refractivity contribution < 1.29 is 19.1 Å². The number of methoxy groups -OCH3 is 1. The van der Waals surface area contributed by atoms with Crippen LogP contribution in [0.5, 0.6) is 5.75 Å². The maximum absolute atomic E-state index is 12.0. The molecule has 7 nitrogen and oxygen atoms in total. The minimum Gasteiger partial charge on any atom is -0.497 e. The Morgan fingerprint density at radius 2 is 1.46 bits per heavy atom. The predicted molar refractivity (Wildman–Crippen MR) is 106 cm³/mol. The molecule has 0 fully saturated rings. The third-order valence-corrected chi connectivity index (χ3v) is 4.15. The first-order valence-corrected chi connectivity index (χ1v) is 9.03. The van der Waals surface area contributed by atoms with Crippen LogP contribution in [0, 0.1) is 0 Å². The molecule has 0 aliphatic rings.